The first-order valence-electron chi connectivity index (χ1n) is 16.4. The van der Waals surface area contributed by atoms with Gasteiger partial charge in [0.2, 0.25) is 0 Å². The number of hydrogen-bond acceptors (Lipinski definition) is 0. The lowest BCUT2D eigenvalue weighted by Gasteiger charge is -2.40. The fraction of sp³-hybridized carbons (Fsp3) is 0.436. The van der Waals surface area contributed by atoms with Gasteiger partial charge in [0.15, 0.2) is 8.07 Å². The summed E-state index contributed by atoms with van der Waals surface area (Å²) in [6, 6.07) is 23.1. The summed E-state index contributed by atoms with van der Waals surface area (Å²) >= 11 is 0. The van der Waals surface area contributed by atoms with Gasteiger partial charge in [0, 0.05) is 0 Å². The van der Waals surface area contributed by atoms with E-state index in [-0.39, 0.29) is 0 Å². The standard InChI is InChI=1S/C39H58Si4/c1-26-23-33(17-20-36(26)40(8,9)10)43(39-31(6)29(4)30(5)32(39)7,34-18-21-37(27(2)24-34)41(11,12)13)35-19-22-38(28(3)25-35)42(14,15)16/h17-25,31H,1-16H3. The van der Waals surface area contributed by atoms with Gasteiger partial charge in [-0.1, -0.05) is 169 Å². The van der Waals surface area contributed by atoms with Crippen molar-refractivity contribution in [3.8, 4) is 0 Å². The fourth-order valence-electron chi connectivity index (χ4n) is 8.15. The minimum Gasteiger partial charge on any atom is -0.0656 e. The number of allylic oxidation sites excluding steroid dienone is 4. The number of benzene rings is 3. The van der Waals surface area contributed by atoms with E-state index in [0.717, 1.165) is 0 Å². The van der Waals surface area contributed by atoms with Crippen LogP contribution in [0.1, 0.15) is 44.4 Å². The van der Waals surface area contributed by atoms with Gasteiger partial charge in [-0.25, -0.2) is 0 Å². The Morgan fingerprint density at radius 2 is 0.744 bits per heavy atom. The Balaban J connectivity index is 2.24. The summed E-state index contributed by atoms with van der Waals surface area (Å²) in [7, 11) is -7.06. The Hall–Kier alpha value is -1.99. The molecule has 43 heavy (non-hydrogen) atoms. The second-order valence-corrected chi connectivity index (χ2v) is 35.5. The molecule has 0 saturated heterocycles. The van der Waals surface area contributed by atoms with E-state index in [0.29, 0.717) is 5.92 Å². The van der Waals surface area contributed by atoms with Crippen LogP contribution in [-0.2, 0) is 0 Å². The summed E-state index contributed by atoms with van der Waals surface area (Å²) in [6.07, 6.45) is 0. The van der Waals surface area contributed by atoms with Crippen LogP contribution in [0.15, 0.2) is 76.5 Å². The van der Waals surface area contributed by atoms with Crippen molar-refractivity contribution in [1.29, 1.82) is 0 Å². The van der Waals surface area contributed by atoms with Crippen LogP contribution in [0.3, 0.4) is 0 Å². The van der Waals surface area contributed by atoms with Gasteiger partial charge >= 0.3 is 0 Å². The molecule has 1 aliphatic carbocycles. The van der Waals surface area contributed by atoms with Crippen molar-refractivity contribution < 1.29 is 0 Å². The first-order chi connectivity index (χ1) is 19.6. The fourth-order valence-corrected chi connectivity index (χ4v) is 19.5. The number of aryl methyl sites for hydroxylation is 3. The van der Waals surface area contributed by atoms with Crippen LogP contribution in [0.4, 0.5) is 0 Å². The molecule has 1 atom stereocenters. The van der Waals surface area contributed by atoms with Crippen molar-refractivity contribution >= 4 is 63.4 Å². The molecule has 0 saturated carbocycles. The first kappa shape index (κ1) is 33.9. The maximum atomic E-state index is 2.62. The van der Waals surface area contributed by atoms with Crippen LogP contribution in [0.25, 0.3) is 0 Å². The quantitative estimate of drug-likeness (QED) is 0.185. The van der Waals surface area contributed by atoms with Crippen LogP contribution >= 0.6 is 0 Å². The maximum Gasteiger partial charge on any atom is 0.176 e. The Bertz CT molecular complexity index is 1480. The van der Waals surface area contributed by atoms with Crippen molar-refractivity contribution in [2.45, 2.75) is 107 Å². The zero-order valence-electron chi connectivity index (χ0n) is 30.3. The van der Waals surface area contributed by atoms with Crippen LogP contribution < -0.4 is 31.1 Å². The molecule has 0 aliphatic heterocycles. The van der Waals surface area contributed by atoms with Gasteiger partial charge in [-0.15, -0.1) is 0 Å². The molecule has 0 aromatic heterocycles. The Labute approximate surface area is 268 Å². The van der Waals surface area contributed by atoms with E-state index in [1.54, 1.807) is 41.9 Å². The van der Waals surface area contributed by atoms with Crippen molar-refractivity contribution in [2.75, 3.05) is 0 Å². The Morgan fingerprint density at radius 1 is 0.442 bits per heavy atom. The molecule has 4 heteroatoms. The zero-order chi connectivity index (χ0) is 32.4. The molecule has 0 radical (unpaired) electrons. The van der Waals surface area contributed by atoms with Gasteiger partial charge in [-0.05, 0) is 68.6 Å². The third-order valence-corrected chi connectivity index (χ3v) is 22.1. The van der Waals surface area contributed by atoms with Crippen LogP contribution in [0.2, 0.25) is 58.9 Å². The summed E-state index contributed by atoms with van der Waals surface area (Å²) in [5.74, 6) is 0.428. The topological polar surface area (TPSA) is 0 Å². The molecule has 3 aromatic rings. The minimum absolute atomic E-state index is 0.428. The van der Waals surface area contributed by atoms with Crippen LogP contribution in [0.5, 0.6) is 0 Å². The Kier molecular flexibility index (Phi) is 9.00. The summed E-state index contributed by atoms with van der Waals surface area (Å²) < 4.78 is 0. The third kappa shape index (κ3) is 5.90. The van der Waals surface area contributed by atoms with Crippen molar-refractivity contribution in [3.63, 3.8) is 0 Å². The predicted molar refractivity (Wildman–Crippen MR) is 207 cm³/mol. The number of rotatable bonds is 7. The zero-order valence-corrected chi connectivity index (χ0v) is 34.3. The lowest BCUT2D eigenvalue weighted by atomic mass is 10.1. The molecule has 3 aromatic carbocycles. The van der Waals surface area contributed by atoms with E-state index >= 15 is 0 Å². The first-order valence-corrected chi connectivity index (χ1v) is 28.9. The second-order valence-electron chi connectivity index (χ2n) is 16.7. The second kappa shape index (κ2) is 11.4. The van der Waals surface area contributed by atoms with E-state index < -0.39 is 32.3 Å². The predicted octanol–water partition coefficient (Wildman–Crippen LogP) is 7.56. The molecular weight excluding hydrogens is 581 g/mol. The van der Waals surface area contributed by atoms with E-state index in [1.165, 1.54) is 27.8 Å². The smallest absolute Gasteiger partial charge is 0.0656 e. The van der Waals surface area contributed by atoms with Crippen molar-refractivity contribution in [2.24, 2.45) is 5.92 Å². The SMILES string of the molecule is CC1=C(C)C(C)C([Si](c2ccc([Si](C)(C)C)c(C)c2)(c2ccc([Si](C)(C)C)c(C)c2)c2ccc([Si](C)(C)C)c(C)c2)=C1C. The average Bonchev–Trinajstić information content (AvgIpc) is 3.05. The van der Waals surface area contributed by atoms with E-state index in [1.807, 2.05) is 0 Å². The Morgan fingerprint density at radius 3 is 0.953 bits per heavy atom. The molecule has 0 bridgehead atoms. The summed E-state index contributed by atoms with van der Waals surface area (Å²) in [5, 5.41) is 11.1. The van der Waals surface area contributed by atoms with Gasteiger partial charge in [-0.2, -0.15) is 0 Å². The number of hydrogen-bond donors (Lipinski definition) is 0. The van der Waals surface area contributed by atoms with Crippen LogP contribution in [-0.4, -0.2) is 32.3 Å². The molecule has 0 N–H and O–H groups in total. The highest BCUT2D eigenvalue weighted by Gasteiger charge is 2.48. The van der Waals surface area contributed by atoms with Gasteiger partial charge in [0.1, 0.15) is 0 Å². The average molecular weight is 639 g/mol. The summed E-state index contributed by atoms with van der Waals surface area (Å²) in [5.41, 5.74) is 9.01. The molecule has 0 spiro atoms. The largest absolute Gasteiger partial charge is 0.176 e. The van der Waals surface area contributed by atoms with Crippen LogP contribution in [0, 0.1) is 26.7 Å². The van der Waals surface area contributed by atoms with E-state index in [2.05, 4.69) is 162 Å². The molecular formula is C39H58Si4. The third-order valence-electron chi connectivity index (χ3n) is 10.4. The van der Waals surface area contributed by atoms with Crippen molar-refractivity contribution in [3.05, 3.63) is 93.2 Å². The maximum absolute atomic E-state index is 2.66. The normalized spacial score (nSPS) is 16.9. The van der Waals surface area contributed by atoms with E-state index in [4.69, 9.17) is 0 Å². The lowest BCUT2D eigenvalue weighted by molar-refractivity contribution is 0.851. The molecule has 0 fully saturated rings. The highest BCUT2D eigenvalue weighted by molar-refractivity contribution is 7.16. The highest BCUT2D eigenvalue weighted by atomic mass is 28.3. The highest BCUT2D eigenvalue weighted by Crippen LogP contribution is 2.41. The molecule has 4 rings (SSSR count). The summed E-state index contributed by atoms with van der Waals surface area (Å²) in [4.78, 5) is 0. The van der Waals surface area contributed by atoms with Gasteiger partial charge in [-0.3, -0.25) is 0 Å². The molecule has 1 unspecified atom stereocenters. The molecule has 1 aliphatic rings. The lowest BCUT2D eigenvalue weighted by Crippen LogP contribution is -2.70. The minimum atomic E-state index is -2.66. The summed E-state index contributed by atoms with van der Waals surface area (Å²) in [6.45, 7) is 39.2. The van der Waals surface area contributed by atoms with Crippen molar-refractivity contribution in [1.82, 2.24) is 0 Å². The monoisotopic (exact) mass is 638 g/mol. The van der Waals surface area contributed by atoms with E-state index in [9.17, 15) is 0 Å². The molecule has 0 nitrogen and oxygen atoms in total. The van der Waals surface area contributed by atoms with Gasteiger partial charge in [0.25, 0.3) is 0 Å². The molecule has 0 heterocycles. The van der Waals surface area contributed by atoms with Gasteiger partial charge < -0.3 is 0 Å². The molecule has 0 amide bonds. The molecule has 230 valence electrons. The van der Waals surface area contributed by atoms with Gasteiger partial charge in [0.05, 0.1) is 24.2 Å².